The molecule has 0 saturated heterocycles. The molecule has 3 heterocycles. The van der Waals surface area contributed by atoms with E-state index < -0.39 is 0 Å². The SMILES string of the molecule is CN1C(=O)Cc2cc3c(ncn3C)c(-c3ccccn3)c21. The summed E-state index contributed by atoms with van der Waals surface area (Å²) >= 11 is 0. The van der Waals surface area contributed by atoms with Gasteiger partial charge >= 0.3 is 0 Å². The van der Waals surface area contributed by atoms with Gasteiger partial charge in [0.15, 0.2) is 0 Å². The van der Waals surface area contributed by atoms with E-state index in [9.17, 15) is 4.79 Å². The predicted octanol–water partition coefficient (Wildman–Crippen LogP) is 2.15. The summed E-state index contributed by atoms with van der Waals surface area (Å²) in [6, 6.07) is 7.86. The second kappa shape index (κ2) is 4.15. The zero-order chi connectivity index (χ0) is 14.6. The summed E-state index contributed by atoms with van der Waals surface area (Å²) in [5.41, 5.74) is 5.68. The third-order valence-electron chi connectivity index (χ3n) is 4.04. The molecule has 0 N–H and O–H groups in total. The maximum absolute atomic E-state index is 12.1. The first-order valence-corrected chi connectivity index (χ1v) is 6.81. The number of rotatable bonds is 1. The number of aryl methyl sites for hydroxylation is 1. The minimum Gasteiger partial charge on any atom is -0.334 e. The molecule has 5 heteroatoms. The van der Waals surface area contributed by atoms with Gasteiger partial charge in [-0.3, -0.25) is 9.78 Å². The number of likely N-dealkylation sites (N-methyl/N-ethyl adjacent to an activating group) is 1. The number of fused-ring (bicyclic) bond motifs is 2. The number of carbonyl (C=O) groups is 1. The van der Waals surface area contributed by atoms with Crippen molar-refractivity contribution in [3.8, 4) is 11.3 Å². The molecule has 0 unspecified atom stereocenters. The van der Waals surface area contributed by atoms with Crippen LogP contribution in [0, 0.1) is 0 Å². The number of nitrogens with zero attached hydrogens (tertiary/aromatic N) is 4. The summed E-state index contributed by atoms with van der Waals surface area (Å²) in [6.45, 7) is 0. The van der Waals surface area contributed by atoms with E-state index in [1.165, 1.54) is 0 Å². The quantitative estimate of drug-likeness (QED) is 0.685. The third kappa shape index (κ3) is 1.60. The van der Waals surface area contributed by atoms with E-state index in [2.05, 4.69) is 16.0 Å². The van der Waals surface area contributed by atoms with Crippen molar-refractivity contribution in [2.45, 2.75) is 6.42 Å². The van der Waals surface area contributed by atoms with Crippen LogP contribution >= 0.6 is 0 Å². The predicted molar refractivity (Wildman–Crippen MR) is 81.1 cm³/mol. The first kappa shape index (κ1) is 12.1. The van der Waals surface area contributed by atoms with Crippen LogP contribution < -0.4 is 4.90 Å². The number of carbonyl (C=O) groups excluding carboxylic acids is 1. The molecule has 3 aromatic rings. The van der Waals surface area contributed by atoms with E-state index >= 15 is 0 Å². The lowest BCUT2D eigenvalue weighted by molar-refractivity contribution is -0.117. The smallest absolute Gasteiger partial charge is 0.231 e. The molecule has 0 fully saturated rings. The molecular formula is C16H14N4O. The van der Waals surface area contributed by atoms with E-state index in [4.69, 9.17) is 0 Å². The van der Waals surface area contributed by atoms with Gasteiger partial charge in [-0.15, -0.1) is 0 Å². The van der Waals surface area contributed by atoms with E-state index in [-0.39, 0.29) is 5.91 Å². The zero-order valence-corrected chi connectivity index (χ0v) is 11.9. The van der Waals surface area contributed by atoms with E-state index in [0.717, 1.165) is 33.5 Å². The summed E-state index contributed by atoms with van der Waals surface area (Å²) in [6.07, 6.45) is 4.00. The molecule has 5 nitrogen and oxygen atoms in total. The highest BCUT2D eigenvalue weighted by Crippen LogP contribution is 2.41. The topological polar surface area (TPSA) is 51.0 Å². The molecule has 0 bridgehead atoms. The fourth-order valence-electron chi connectivity index (χ4n) is 2.99. The Morgan fingerprint density at radius 2 is 2.05 bits per heavy atom. The van der Waals surface area contributed by atoms with Gasteiger partial charge in [0.25, 0.3) is 0 Å². The van der Waals surface area contributed by atoms with Crippen molar-refractivity contribution < 1.29 is 4.79 Å². The lowest BCUT2D eigenvalue weighted by Crippen LogP contribution is -2.21. The van der Waals surface area contributed by atoms with E-state index in [0.29, 0.717) is 6.42 Å². The molecule has 1 aromatic carbocycles. The largest absolute Gasteiger partial charge is 0.334 e. The number of amides is 1. The monoisotopic (exact) mass is 278 g/mol. The van der Waals surface area contributed by atoms with Crippen LogP contribution in [0.2, 0.25) is 0 Å². The minimum atomic E-state index is 0.109. The number of pyridine rings is 1. The van der Waals surface area contributed by atoms with Gasteiger partial charge < -0.3 is 9.47 Å². The summed E-state index contributed by atoms with van der Waals surface area (Å²) in [5, 5.41) is 0. The third-order valence-corrected chi connectivity index (χ3v) is 4.04. The molecule has 0 atom stereocenters. The molecule has 21 heavy (non-hydrogen) atoms. The number of hydrogen-bond donors (Lipinski definition) is 0. The first-order chi connectivity index (χ1) is 10.2. The highest BCUT2D eigenvalue weighted by molar-refractivity contribution is 6.11. The number of hydrogen-bond acceptors (Lipinski definition) is 3. The Kier molecular flexibility index (Phi) is 2.39. The molecule has 0 spiro atoms. The van der Waals surface area contributed by atoms with Crippen molar-refractivity contribution in [1.29, 1.82) is 0 Å². The average molecular weight is 278 g/mol. The Labute approximate surface area is 121 Å². The highest BCUT2D eigenvalue weighted by atomic mass is 16.2. The normalized spacial score (nSPS) is 14.0. The summed E-state index contributed by atoms with van der Waals surface area (Å²) < 4.78 is 1.98. The van der Waals surface area contributed by atoms with Crippen molar-refractivity contribution in [1.82, 2.24) is 14.5 Å². The van der Waals surface area contributed by atoms with Crippen molar-refractivity contribution in [2.24, 2.45) is 7.05 Å². The maximum Gasteiger partial charge on any atom is 0.231 e. The second-order valence-corrected chi connectivity index (χ2v) is 5.33. The van der Waals surface area contributed by atoms with Crippen LogP contribution in [0.1, 0.15) is 5.56 Å². The molecular weight excluding hydrogens is 264 g/mol. The lowest BCUT2D eigenvalue weighted by Gasteiger charge is -2.16. The van der Waals surface area contributed by atoms with Crippen LogP contribution in [-0.2, 0) is 18.3 Å². The molecule has 0 saturated carbocycles. The van der Waals surface area contributed by atoms with Gasteiger partial charge in [-0.05, 0) is 23.8 Å². The fraction of sp³-hybridized carbons (Fsp3) is 0.188. The van der Waals surface area contributed by atoms with Gasteiger partial charge in [0.2, 0.25) is 5.91 Å². The lowest BCUT2D eigenvalue weighted by atomic mass is 10.0. The number of benzene rings is 1. The molecule has 104 valence electrons. The van der Waals surface area contributed by atoms with Gasteiger partial charge in [0.1, 0.15) is 0 Å². The second-order valence-electron chi connectivity index (χ2n) is 5.33. The standard InChI is InChI=1S/C16H14N4O/c1-19-9-18-15-12(19)7-10-8-13(21)20(2)16(10)14(15)11-5-3-4-6-17-11/h3-7,9H,8H2,1-2H3. The van der Waals surface area contributed by atoms with Gasteiger partial charge in [0, 0.05) is 20.3 Å². The molecule has 0 aliphatic carbocycles. The Bertz CT molecular complexity index is 867. The van der Waals surface area contributed by atoms with Crippen molar-refractivity contribution in [2.75, 3.05) is 11.9 Å². The number of imidazole rings is 1. The first-order valence-electron chi connectivity index (χ1n) is 6.81. The highest BCUT2D eigenvalue weighted by Gasteiger charge is 2.30. The Morgan fingerprint density at radius 3 is 2.81 bits per heavy atom. The molecule has 1 amide bonds. The van der Waals surface area contributed by atoms with Gasteiger partial charge in [-0.2, -0.15) is 0 Å². The summed E-state index contributed by atoms with van der Waals surface area (Å²) in [4.78, 5) is 22.8. The van der Waals surface area contributed by atoms with Crippen molar-refractivity contribution in [3.05, 3.63) is 42.4 Å². The molecule has 0 radical (unpaired) electrons. The van der Waals surface area contributed by atoms with Crippen LogP contribution in [0.3, 0.4) is 0 Å². The van der Waals surface area contributed by atoms with Gasteiger partial charge in [-0.1, -0.05) is 6.07 Å². The number of aromatic nitrogens is 3. The minimum absolute atomic E-state index is 0.109. The molecule has 4 rings (SSSR count). The van der Waals surface area contributed by atoms with Crippen LogP contribution in [0.15, 0.2) is 36.8 Å². The average Bonchev–Trinajstić information content (AvgIpc) is 3.00. The van der Waals surface area contributed by atoms with Gasteiger partial charge in [0.05, 0.1) is 40.7 Å². The molecule has 2 aromatic heterocycles. The van der Waals surface area contributed by atoms with Crippen LogP contribution in [0.5, 0.6) is 0 Å². The molecule has 1 aliphatic heterocycles. The number of anilines is 1. The van der Waals surface area contributed by atoms with Crippen LogP contribution in [-0.4, -0.2) is 27.5 Å². The van der Waals surface area contributed by atoms with E-state index in [1.807, 2.05) is 36.9 Å². The van der Waals surface area contributed by atoms with E-state index in [1.54, 1.807) is 17.4 Å². The Morgan fingerprint density at radius 1 is 1.19 bits per heavy atom. The van der Waals surface area contributed by atoms with Crippen molar-refractivity contribution in [3.63, 3.8) is 0 Å². The molecule has 1 aliphatic rings. The maximum atomic E-state index is 12.1. The van der Waals surface area contributed by atoms with Crippen LogP contribution in [0.4, 0.5) is 5.69 Å². The Hall–Kier alpha value is -2.69. The van der Waals surface area contributed by atoms with Crippen LogP contribution in [0.25, 0.3) is 22.3 Å². The van der Waals surface area contributed by atoms with Crippen molar-refractivity contribution >= 4 is 22.6 Å². The van der Waals surface area contributed by atoms with Gasteiger partial charge in [-0.25, -0.2) is 4.98 Å². The Balaban J connectivity index is 2.15. The zero-order valence-electron chi connectivity index (χ0n) is 11.9. The summed E-state index contributed by atoms with van der Waals surface area (Å²) in [7, 11) is 3.78. The fourth-order valence-corrected chi connectivity index (χ4v) is 2.99. The summed E-state index contributed by atoms with van der Waals surface area (Å²) in [5.74, 6) is 0.109.